The van der Waals surface area contributed by atoms with Crippen LogP contribution in [-0.2, 0) is 18.4 Å². The summed E-state index contributed by atoms with van der Waals surface area (Å²) >= 11 is 0. The summed E-state index contributed by atoms with van der Waals surface area (Å²) in [4.78, 5) is 32.6. The van der Waals surface area contributed by atoms with Crippen LogP contribution in [0.2, 0.25) is 0 Å². The number of fused-ring (bicyclic) bond motifs is 2. The number of amides is 1. The van der Waals surface area contributed by atoms with E-state index in [1.165, 1.54) is 11.5 Å². The fourth-order valence-electron chi connectivity index (χ4n) is 3.55. The summed E-state index contributed by atoms with van der Waals surface area (Å²) in [5.74, 6) is -0.0844. The lowest BCUT2D eigenvalue weighted by Crippen LogP contribution is -2.24. The third-order valence-electron chi connectivity index (χ3n) is 5.31. The highest BCUT2D eigenvalue weighted by molar-refractivity contribution is 5.93. The molecular weight excluding hydrogens is 364 g/mol. The lowest BCUT2D eigenvalue weighted by molar-refractivity contribution is -0.125. The number of pyridine rings is 2. The Hall–Kier alpha value is -3.67. The molecule has 3 heterocycles. The van der Waals surface area contributed by atoms with E-state index in [1.807, 2.05) is 25.2 Å². The van der Waals surface area contributed by atoms with Gasteiger partial charge in [0.15, 0.2) is 0 Å². The zero-order chi connectivity index (χ0) is 20.5. The van der Waals surface area contributed by atoms with Gasteiger partial charge in [-0.1, -0.05) is 18.2 Å². The highest BCUT2D eigenvalue weighted by atomic mass is 16.2. The second-order valence-electron chi connectivity index (χ2n) is 7.20. The molecule has 1 aromatic carbocycles. The number of para-hydroxylation sites is 1. The summed E-state index contributed by atoms with van der Waals surface area (Å²) < 4.78 is 2.16. The van der Waals surface area contributed by atoms with Crippen molar-refractivity contribution in [2.75, 3.05) is 7.05 Å². The molecule has 0 bridgehead atoms. The smallest absolute Gasteiger partial charge is 0.249 e. The molecule has 4 aromatic rings. The van der Waals surface area contributed by atoms with Gasteiger partial charge >= 0.3 is 0 Å². The van der Waals surface area contributed by atoms with E-state index in [1.54, 1.807) is 36.4 Å². The van der Waals surface area contributed by atoms with Crippen LogP contribution in [0.25, 0.3) is 28.0 Å². The number of H-pyrrole nitrogens is 1. The van der Waals surface area contributed by atoms with Gasteiger partial charge in [-0.2, -0.15) is 0 Å². The first kappa shape index (κ1) is 18.7. The summed E-state index contributed by atoms with van der Waals surface area (Å²) in [7, 11) is 3.85. The Morgan fingerprint density at radius 2 is 2.03 bits per heavy atom. The van der Waals surface area contributed by atoms with Crippen LogP contribution in [0.5, 0.6) is 0 Å². The molecule has 0 unspecified atom stereocenters. The van der Waals surface area contributed by atoms with E-state index < -0.39 is 0 Å². The van der Waals surface area contributed by atoms with Gasteiger partial charge in [0.05, 0.1) is 0 Å². The van der Waals surface area contributed by atoms with Crippen molar-refractivity contribution in [3.8, 4) is 0 Å². The van der Waals surface area contributed by atoms with E-state index in [4.69, 9.17) is 0 Å². The third kappa shape index (κ3) is 3.57. The van der Waals surface area contributed by atoms with Crippen LogP contribution >= 0.6 is 0 Å². The van der Waals surface area contributed by atoms with E-state index in [0.717, 1.165) is 27.7 Å². The predicted octanol–water partition coefficient (Wildman–Crippen LogP) is 3.40. The Morgan fingerprint density at radius 1 is 1.24 bits per heavy atom. The molecule has 1 N–H and O–H groups in total. The van der Waals surface area contributed by atoms with Crippen LogP contribution in [0.15, 0.2) is 59.5 Å². The van der Waals surface area contributed by atoms with E-state index in [9.17, 15) is 9.59 Å². The lowest BCUT2D eigenvalue weighted by atomic mass is 10.1. The van der Waals surface area contributed by atoms with Gasteiger partial charge in [0.1, 0.15) is 5.65 Å². The molecule has 0 radical (unpaired) electrons. The number of nitrogens with zero attached hydrogens (tertiary/aromatic N) is 3. The summed E-state index contributed by atoms with van der Waals surface area (Å²) in [5, 5.41) is 1.99. The molecule has 0 aliphatic heterocycles. The molecular formula is C23H22N4O2. The monoisotopic (exact) mass is 386 g/mol. The van der Waals surface area contributed by atoms with Crippen molar-refractivity contribution < 1.29 is 4.79 Å². The van der Waals surface area contributed by atoms with Crippen LogP contribution in [-0.4, -0.2) is 32.4 Å². The van der Waals surface area contributed by atoms with Crippen molar-refractivity contribution in [2.45, 2.75) is 13.5 Å². The van der Waals surface area contributed by atoms with Crippen LogP contribution in [0.1, 0.15) is 16.8 Å². The Kier molecular flexibility index (Phi) is 4.76. The maximum atomic E-state index is 12.6. The standard InChI is InChI=1S/C23H22N4O2/c1-15-19(18-6-4-5-7-20(18)27(15)3)14-26(2)22(29)11-8-16-12-17-9-10-21(28)25-23(17)24-13-16/h4-13H,14H2,1-3H3,(H,24,25,28)/b11-8+. The summed E-state index contributed by atoms with van der Waals surface area (Å²) in [6.45, 7) is 2.61. The van der Waals surface area contributed by atoms with Crippen LogP contribution < -0.4 is 5.56 Å². The first-order valence-corrected chi connectivity index (χ1v) is 9.39. The molecule has 0 spiro atoms. The number of nitrogens with one attached hydrogen (secondary N) is 1. The maximum Gasteiger partial charge on any atom is 0.249 e. The number of aromatic amines is 1. The Bertz CT molecular complexity index is 1310. The van der Waals surface area contributed by atoms with Gasteiger partial charge in [0.25, 0.3) is 0 Å². The van der Waals surface area contributed by atoms with Crippen molar-refractivity contribution in [1.82, 2.24) is 19.4 Å². The number of carbonyl (C=O) groups excluding carboxylic acids is 1. The summed E-state index contributed by atoms with van der Waals surface area (Å²) in [6, 6.07) is 13.3. The number of likely N-dealkylation sites (N-methyl/N-ethyl adjacent to an activating group) is 1. The normalized spacial score (nSPS) is 11.6. The largest absolute Gasteiger partial charge is 0.348 e. The van der Waals surface area contributed by atoms with Crippen molar-refractivity contribution in [3.63, 3.8) is 0 Å². The molecule has 0 atom stereocenters. The minimum Gasteiger partial charge on any atom is -0.348 e. The van der Waals surface area contributed by atoms with Gasteiger partial charge in [-0.15, -0.1) is 0 Å². The van der Waals surface area contributed by atoms with Crippen LogP contribution in [0.4, 0.5) is 0 Å². The topological polar surface area (TPSA) is 71.0 Å². The van der Waals surface area contributed by atoms with E-state index >= 15 is 0 Å². The van der Waals surface area contributed by atoms with Gasteiger partial charge in [-0.05, 0) is 42.3 Å². The van der Waals surface area contributed by atoms with Crippen molar-refractivity contribution >= 4 is 33.9 Å². The van der Waals surface area contributed by atoms with Crippen LogP contribution in [0.3, 0.4) is 0 Å². The van der Waals surface area contributed by atoms with Crippen molar-refractivity contribution in [3.05, 3.63) is 81.9 Å². The Balaban J connectivity index is 1.54. The highest BCUT2D eigenvalue weighted by Gasteiger charge is 2.15. The van der Waals surface area contributed by atoms with E-state index in [-0.39, 0.29) is 11.5 Å². The first-order valence-electron chi connectivity index (χ1n) is 9.39. The van der Waals surface area contributed by atoms with Gasteiger partial charge in [0.2, 0.25) is 11.5 Å². The molecule has 4 rings (SSSR count). The molecule has 29 heavy (non-hydrogen) atoms. The molecule has 0 saturated heterocycles. The number of benzene rings is 1. The second kappa shape index (κ2) is 7.39. The molecule has 0 fully saturated rings. The maximum absolute atomic E-state index is 12.6. The molecule has 6 heteroatoms. The first-order chi connectivity index (χ1) is 13.9. The molecule has 0 aliphatic rings. The number of aryl methyl sites for hydroxylation is 1. The minimum absolute atomic E-state index is 0.0844. The molecule has 0 aliphatic carbocycles. The number of carbonyl (C=O) groups is 1. The van der Waals surface area contributed by atoms with Crippen molar-refractivity contribution in [1.29, 1.82) is 0 Å². The quantitative estimate of drug-likeness (QED) is 0.547. The lowest BCUT2D eigenvalue weighted by Gasteiger charge is -2.15. The average Bonchev–Trinajstić information content (AvgIpc) is 2.97. The average molecular weight is 386 g/mol. The zero-order valence-electron chi connectivity index (χ0n) is 16.6. The fourth-order valence-corrected chi connectivity index (χ4v) is 3.55. The number of aromatic nitrogens is 3. The van der Waals surface area contributed by atoms with E-state index in [2.05, 4.69) is 33.6 Å². The van der Waals surface area contributed by atoms with Gasteiger partial charge in [-0.25, -0.2) is 4.98 Å². The molecule has 3 aromatic heterocycles. The Labute approximate surface area is 168 Å². The summed E-state index contributed by atoms with van der Waals surface area (Å²) in [6.07, 6.45) is 4.93. The van der Waals surface area contributed by atoms with Crippen molar-refractivity contribution in [2.24, 2.45) is 7.05 Å². The third-order valence-corrected chi connectivity index (χ3v) is 5.31. The fraction of sp³-hybridized carbons (Fsp3) is 0.174. The number of hydrogen-bond acceptors (Lipinski definition) is 3. The predicted molar refractivity (Wildman–Crippen MR) is 116 cm³/mol. The highest BCUT2D eigenvalue weighted by Crippen LogP contribution is 2.25. The summed E-state index contributed by atoms with van der Waals surface area (Å²) in [5.41, 5.74) is 4.62. The zero-order valence-corrected chi connectivity index (χ0v) is 16.6. The van der Waals surface area contributed by atoms with E-state index in [0.29, 0.717) is 12.2 Å². The minimum atomic E-state index is -0.186. The van der Waals surface area contributed by atoms with Gasteiger partial charge in [0, 0.05) is 61.0 Å². The molecule has 0 saturated carbocycles. The Morgan fingerprint density at radius 3 is 2.86 bits per heavy atom. The number of hydrogen-bond donors (Lipinski definition) is 1. The molecule has 1 amide bonds. The van der Waals surface area contributed by atoms with Gasteiger partial charge in [-0.3, -0.25) is 9.59 Å². The molecule has 6 nitrogen and oxygen atoms in total. The van der Waals surface area contributed by atoms with Crippen LogP contribution in [0, 0.1) is 6.92 Å². The van der Waals surface area contributed by atoms with Gasteiger partial charge < -0.3 is 14.5 Å². The number of rotatable bonds is 4. The second-order valence-corrected chi connectivity index (χ2v) is 7.20. The molecule has 146 valence electrons. The SMILES string of the molecule is Cc1c(CN(C)C(=O)/C=C/c2cnc3[nH]c(=O)ccc3c2)c2ccccc2n1C.